The first-order valence-corrected chi connectivity index (χ1v) is 39.3. The molecule has 15 atom stereocenters. The Labute approximate surface area is 664 Å². The number of aliphatic imine (C=N–C) groups is 2. The molecule has 18 N–H and O–H groups in total. The van der Waals surface area contributed by atoms with Crippen LogP contribution >= 0.6 is 57.1 Å². The largest absolute Gasteiger partial charge is 0.455 e. The summed E-state index contributed by atoms with van der Waals surface area (Å²) in [5.74, 6) is -12.7. The molecule has 0 saturated carbocycles. The number of hydrogen-bond acceptors (Lipinski definition) is 31. The molecule has 11 amide bonds. The van der Waals surface area contributed by atoms with Crippen LogP contribution in [0.25, 0.3) is 6.08 Å². The third kappa shape index (κ3) is 18.5. The maximum atomic E-state index is 15.4. The standard InChI is InChI=1S/C71H81N19O18S5/c1-14-37-64-83-44(22-109-64)61(103)89-52(70(13,107)34(12)93)67-85-43(23-112-67)59(101)88-48-33(11)108-68(106)40-19-36(31(9)91)35-15-16-38(50(94)49(35)79-40)78-46(25(2)3)62(104)77-29(7)56(98)74-27(5)55(97)75-30(8)57(99)90-71(69-86-45(24-113-69)60(102)87-47(32(10)92)63(105)81-37)18-17-39(80-51(71)41-20-111-66(48)82-41)65-84-42(21-110-65)58(100)76-28(6)54(96)73-26(4)53(72)95/h14-16,19-21,23-25,30-34,38,44,46-48,50-52,78,91-94,107H,4-7,17-18,22H2,1-3,8-13H3,(H2,72,95)(H,73,96)(H,74,98)(H,75,97)(H,76,100)(H,77,104)(H,81,105)(H,87,102)(H,88,101)(H,89,103)(H,90,99)/b37-14-/t30-,31+,32+,33-,34-,38-,44-,46+,47+,48+,50+,51-,52-,70-,71-/m0/s1. The third-order valence-electron chi connectivity index (χ3n) is 18.7. The molecule has 4 aliphatic heterocycles. The van der Waals surface area contributed by atoms with Gasteiger partial charge in [0.25, 0.3) is 41.4 Å². The number of hydrogen-bond donors (Lipinski definition) is 17. The van der Waals surface area contributed by atoms with E-state index in [1.165, 1.54) is 87.4 Å². The molecule has 0 fully saturated rings. The van der Waals surface area contributed by atoms with Crippen LogP contribution in [-0.2, 0) is 48.6 Å². The van der Waals surface area contributed by atoms with Crippen LogP contribution in [0.15, 0.2) is 105 Å². The molecule has 0 unspecified atom stereocenters. The third-order valence-corrected chi connectivity index (χ3v) is 23.6. The number of primary amides is 1. The number of nitrogens with zero attached hydrogens (tertiary/aromatic N) is 7. The lowest BCUT2D eigenvalue weighted by molar-refractivity contribution is -0.129. The highest BCUT2D eigenvalue weighted by Gasteiger charge is 2.51. The number of ether oxygens (including phenoxy) is 1. The molecule has 42 heteroatoms. The van der Waals surface area contributed by atoms with Gasteiger partial charge >= 0.3 is 5.97 Å². The number of cyclic esters (lactones) is 1. The minimum Gasteiger partial charge on any atom is -0.455 e. The molecule has 113 heavy (non-hydrogen) atoms. The van der Waals surface area contributed by atoms with E-state index in [1.807, 2.05) is 0 Å². The molecule has 5 aromatic heterocycles. The van der Waals surface area contributed by atoms with Crippen molar-refractivity contribution in [2.45, 2.75) is 165 Å². The van der Waals surface area contributed by atoms with Gasteiger partial charge in [0.15, 0.2) is 0 Å². The molecule has 10 rings (SSSR count). The number of pyridine rings is 1. The highest BCUT2D eigenvalue weighted by molar-refractivity contribution is 8.14. The number of thiazole rings is 4. The van der Waals surface area contributed by atoms with Crippen LogP contribution in [0, 0.1) is 5.92 Å². The van der Waals surface area contributed by atoms with E-state index in [4.69, 9.17) is 25.4 Å². The zero-order valence-corrected chi connectivity index (χ0v) is 66.0. The van der Waals surface area contributed by atoms with Gasteiger partial charge < -0.3 is 89.2 Å². The molecular weight excluding hydrogens is 1570 g/mol. The number of aromatic nitrogens is 5. The number of allylic oxidation sites excluding steroid dienone is 1. The molecule has 5 aliphatic rings. The van der Waals surface area contributed by atoms with Gasteiger partial charge in [-0.3, -0.25) is 68.0 Å². The maximum Gasteiger partial charge on any atom is 0.357 e. The minimum atomic E-state index is -2.21. The number of amides is 11. The minimum absolute atomic E-state index is 0.0184. The number of carbonyl (C=O) groups excluding carboxylic acids is 12. The second-order valence-electron chi connectivity index (χ2n) is 27.4. The number of fused-ring (bicyclic) bond motifs is 7. The van der Waals surface area contributed by atoms with Crippen LogP contribution < -0.4 is 64.2 Å². The van der Waals surface area contributed by atoms with Crippen LogP contribution in [0.1, 0.15) is 190 Å². The number of thioether (sulfide) groups is 1. The van der Waals surface area contributed by atoms with Gasteiger partial charge in [-0.25, -0.2) is 29.7 Å². The summed E-state index contributed by atoms with van der Waals surface area (Å²) in [5, 5.41) is 91.5. The molecule has 0 aromatic carbocycles. The molecule has 5 aromatic rings. The number of aliphatic hydroxyl groups is 5. The van der Waals surface area contributed by atoms with Crippen molar-refractivity contribution < 1.29 is 87.8 Å². The van der Waals surface area contributed by atoms with Crippen LogP contribution in [0.2, 0.25) is 0 Å². The Kier molecular flexibility index (Phi) is 26.0. The van der Waals surface area contributed by atoms with E-state index in [9.17, 15) is 68.7 Å². The number of esters is 1. The second kappa shape index (κ2) is 34.7. The van der Waals surface area contributed by atoms with E-state index in [0.29, 0.717) is 0 Å². The summed E-state index contributed by atoms with van der Waals surface area (Å²) >= 11 is 4.39. The van der Waals surface area contributed by atoms with Gasteiger partial charge in [-0.05, 0) is 78.9 Å². The van der Waals surface area contributed by atoms with Gasteiger partial charge in [0.05, 0.1) is 76.0 Å². The van der Waals surface area contributed by atoms with Gasteiger partial charge in [-0.15, -0.1) is 57.1 Å². The summed E-state index contributed by atoms with van der Waals surface area (Å²) in [6, 6.07) is -10.4. The summed E-state index contributed by atoms with van der Waals surface area (Å²) in [5.41, 5.74) is -2.56. The van der Waals surface area contributed by atoms with E-state index >= 15 is 14.4 Å². The number of aliphatic hydroxyl groups excluding tert-OH is 4. The predicted octanol–water partition coefficient (Wildman–Crippen LogP) is 0.509. The van der Waals surface area contributed by atoms with Gasteiger partial charge in [0, 0.05) is 32.8 Å². The average molecular weight is 1650 g/mol. The van der Waals surface area contributed by atoms with Crippen LogP contribution in [0.5, 0.6) is 0 Å². The lowest BCUT2D eigenvalue weighted by Crippen LogP contribution is -2.57. The maximum absolute atomic E-state index is 15.4. The van der Waals surface area contributed by atoms with Gasteiger partial charge in [-0.1, -0.05) is 58.4 Å². The number of nitrogens with two attached hydrogens (primary N) is 1. The molecule has 37 nitrogen and oxygen atoms in total. The van der Waals surface area contributed by atoms with E-state index in [2.05, 4.69) is 105 Å². The van der Waals surface area contributed by atoms with E-state index < -0.39 is 201 Å². The van der Waals surface area contributed by atoms with Crippen molar-refractivity contribution in [3.05, 3.63) is 160 Å². The first-order valence-electron chi connectivity index (χ1n) is 34.8. The Balaban J connectivity index is 1.18. The summed E-state index contributed by atoms with van der Waals surface area (Å²) in [4.78, 5) is 203. The van der Waals surface area contributed by atoms with Crippen LogP contribution in [0.4, 0.5) is 0 Å². The Morgan fingerprint density at radius 2 is 1.42 bits per heavy atom. The van der Waals surface area contributed by atoms with Crippen molar-refractivity contribution in [3.8, 4) is 0 Å². The smallest absolute Gasteiger partial charge is 0.357 e. The predicted molar refractivity (Wildman–Crippen MR) is 413 cm³/mol. The van der Waals surface area contributed by atoms with Crippen LogP contribution in [-0.4, -0.2) is 192 Å². The molecular formula is C71H81N19O18S5. The fourth-order valence-electron chi connectivity index (χ4n) is 12.0. The van der Waals surface area contributed by atoms with Gasteiger partial charge in [-0.2, -0.15) is 0 Å². The fraction of sp³-hybridized carbons (Fsp3) is 0.394. The highest BCUT2D eigenvalue weighted by atomic mass is 32.2. The SMILES string of the molecule is C=C(NC(=O)C(=C)NC(=O)c1csc(C2=N[C@H]3c4csc(n4)[C@@H]4NC(=O)c5csc(n5)[C@@H]([C@@](C)(O)[C@H](C)O)NC(=O)[C@@H]5CSC(=N5)/C(=C/C)NC(=O)[C@@H]([C@@H](C)O)NC(=O)c5csc(n5)[C@@]3(CC2)NC(=O)[C@H](C)NC(=O)C(=C)NC(=O)C(=C)NC(=O)[C@@H](C(C)C)N[C@H]2C=Cc3c([C@@H](C)O)cc(nc3[C@@H]2O)C(=O)O[C@H]4C)n1)C(N)=O. The van der Waals surface area contributed by atoms with Crippen molar-refractivity contribution in [3.63, 3.8) is 0 Å². The van der Waals surface area contributed by atoms with E-state index in [0.717, 1.165) is 57.1 Å². The quantitative estimate of drug-likeness (QED) is 0.0633. The lowest BCUT2D eigenvalue weighted by atomic mass is 9.80. The topological polar surface area (TPSA) is 563 Å². The van der Waals surface area contributed by atoms with Crippen molar-refractivity contribution in [2.24, 2.45) is 21.6 Å². The van der Waals surface area contributed by atoms with Crippen molar-refractivity contribution in [1.29, 1.82) is 0 Å². The normalized spacial score (nSPS) is 26.1. The average Bonchev–Trinajstić information content (AvgIpc) is 1.66. The number of rotatable bonds is 11. The van der Waals surface area contributed by atoms with E-state index in [-0.39, 0.29) is 89.0 Å². The molecule has 0 saturated heterocycles. The monoisotopic (exact) mass is 1650 g/mol. The van der Waals surface area contributed by atoms with Gasteiger partial charge in [0.2, 0.25) is 23.6 Å². The van der Waals surface area contributed by atoms with E-state index in [1.54, 1.807) is 20.8 Å². The second-order valence-corrected chi connectivity index (χ2v) is 31.9. The molecule has 1 aliphatic carbocycles. The molecule has 0 radical (unpaired) electrons. The molecule has 9 heterocycles. The Morgan fingerprint density at radius 1 is 0.743 bits per heavy atom. The molecule has 0 spiro atoms. The van der Waals surface area contributed by atoms with Crippen LogP contribution in [0.3, 0.4) is 0 Å². The highest BCUT2D eigenvalue weighted by Crippen LogP contribution is 2.48. The summed E-state index contributed by atoms with van der Waals surface area (Å²) < 4.78 is 6.24. The zero-order valence-electron chi connectivity index (χ0n) is 61.9. The van der Waals surface area contributed by atoms with Crippen molar-refractivity contribution in [2.75, 3.05) is 5.75 Å². The van der Waals surface area contributed by atoms with Crippen molar-refractivity contribution in [1.82, 2.24) is 83.4 Å². The summed E-state index contributed by atoms with van der Waals surface area (Å²) in [6.07, 6.45) is -3.71. The summed E-state index contributed by atoms with van der Waals surface area (Å²) in [6.45, 7) is 26.9. The van der Waals surface area contributed by atoms with Gasteiger partial charge in [0.1, 0.15) is 107 Å². The fourth-order valence-corrected chi connectivity index (χ4v) is 16.9. The summed E-state index contributed by atoms with van der Waals surface area (Å²) in [7, 11) is 0. The Morgan fingerprint density at radius 3 is 2.09 bits per heavy atom. The van der Waals surface area contributed by atoms with Crippen molar-refractivity contribution >= 4 is 145 Å². The lowest BCUT2D eigenvalue weighted by Gasteiger charge is -2.41. The molecule has 13 bridgehead atoms. The zero-order chi connectivity index (χ0) is 82.7. The molecule has 598 valence electrons. The first kappa shape index (κ1) is 84.6. The Hall–Kier alpha value is -10.8. The Bertz CT molecular complexity index is 4920. The number of nitrogens with one attached hydrogen (secondary N) is 11. The first-order chi connectivity index (χ1) is 53.2. The number of carbonyl (C=O) groups is 12.